The van der Waals surface area contributed by atoms with Crippen LogP contribution in [0.2, 0.25) is 0 Å². The molecule has 3 rings (SSSR count). The second-order valence-electron chi connectivity index (χ2n) is 12.1. The molecule has 0 aliphatic heterocycles. The first-order valence-corrected chi connectivity index (χ1v) is 15.7. The number of amides is 4. The highest BCUT2D eigenvalue weighted by molar-refractivity contribution is 5.95. The fraction of sp³-hybridized carbons (Fsp3) is 0.343. The fourth-order valence-corrected chi connectivity index (χ4v) is 4.86. The lowest BCUT2D eigenvalue weighted by Gasteiger charge is -2.27. The minimum atomic E-state index is -1.37. The number of benzene rings is 3. The van der Waals surface area contributed by atoms with E-state index < -0.39 is 65.7 Å². The van der Waals surface area contributed by atoms with Crippen LogP contribution in [0.4, 0.5) is 0 Å². The Balaban J connectivity index is 1.71. The number of carbonyl (C=O) groups is 5. The Labute approximate surface area is 283 Å². The van der Waals surface area contributed by atoms with Crippen LogP contribution in [0.15, 0.2) is 72.8 Å². The van der Waals surface area contributed by atoms with Crippen molar-refractivity contribution in [1.29, 1.82) is 0 Å². The SMILES string of the molecule is CC(C)[C@H](NC(=O)[C@H](C)NC(=O)[C@@H](N)Cc1ccc(O)cc1)C(=O)N[C@@H](Cc1ccc(O)cc1)C(=O)N[C@@H](Cc1ccc(O)cc1)C(=O)O. The molecule has 0 bridgehead atoms. The van der Waals surface area contributed by atoms with Gasteiger partial charge in [-0.15, -0.1) is 0 Å². The molecule has 49 heavy (non-hydrogen) atoms. The Morgan fingerprint density at radius 3 is 1.39 bits per heavy atom. The molecule has 0 radical (unpaired) electrons. The van der Waals surface area contributed by atoms with Crippen LogP contribution in [-0.2, 0) is 43.2 Å². The first-order chi connectivity index (χ1) is 23.1. The second kappa shape index (κ2) is 17.5. The zero-order valence-electron chi connectivity index (χ0n) is 27.4. The molecule has 0 spiro atoms. The van der Waals surface area contributed by atoms with Crippen molar-refractivity contribution in [3.63, 3.8) is 0 Å². The topological polar surface area (TPSA) is 240 Å². The number of carbonyl (C=O) groups excluding carboxylic acids is 4. The van der Waals surface area contributed by atoms with Gasteiger partial charge in [-0.05, 0) is 72.4 Å². The van der Waals surface area contributed by atoms with E-state index in [0.717, 1.165) is 0 Å². The average Bonchev–Trinajstić information content (AvgIpc) is 3.05. The Kier molecular flexibility index (Phi) is 13.5. The highest BCUT2D eigenvalue weighted by Crippen LogP contribution is 2.15. The maximum Gasteiger partial charge on any atom is 0.326 e. The van der Waals surface area contributed by atoms with Gasteiger partial charge in [0.05, 0.1) is 6.04 Å². The number of phenolic OH excluding ortho intramolecular Hbond substituents is 3. The molecule has 4 amide bonds. The molecule has 3 aromatic carbocycles. The molecule has 262 valence electrons. The molecule has 0 saturated carbocycles. The maximum absolute atomic E-state index is 13.6. The van der Waals surface area contributed by atoms with E-state index in [0.29, 0.717) is 16.7 Å². The zero-order chi connectivity index (χ0) is 36.2. The number of carboxylic acid groups (broad SMARTS) is 1. The first kappa shape index (κ1) is 37.8. The average molecular weight is 678 g/mol. The normalized spacial score (nSPS) is 14.1. The van der Waals surface area contributed by atoms with Crippen molar-refractivity contribution in [3.05, 3.63) is 89.5 Å². The van der Waals surface area contributed by atoms with E-state index in [1.807, 2.05) is 0 Å². The van der Waals surface area contributed by atoms with Crippen molar-refractivity contribution in [2.45, 2.75) is 70.2 Å². The number of phenols is 3. The van der Waals surface area contributed by atoms with Gasteiger partial charge in [0.2, 0.25) is 23.6 Å². The number of nitrogens with one attached hydrogen (secondary N) is 4. The van der Waals surface area contributed by atoms with Gasteiger partial charge >= 0.3 is 5.97 Å². The van der Waals surface area contributed by atoms with Gasteiger partial charge in [-0.1, -0.05) is 50.2 Å². The van der Waals surface area contributed by atoms with Crippen LogP contribution in [0.3, 0.4) is 0 Å². The van der Waals surface area contributed by atoms with Gasteiger partial charge < -0.3 is 47.4 Å². The molecular weight excluding hydrogens is 634 g/mol. The molecule has 0 saturated heterocycles. The van der Waals surface area contributed by atoms with Crippen molar-refractivity contribution < 1.29 is 44.4 Å². The number of nitrogens with two attached hydrogens (primary N) is 1. The highest BCUT2D eigenvalue weighted by Gasteiger charge is 2.32. The van der Waals surface area contributed by atoms with Gasteiger partial charge in [0.15, 0.2) is 0 Å². The molecule has 14 nitrogen and oxygen atoms in total. The van der Waals surface area contributed by atoms with Gasteiger partial charge in [0.25, 0.3) is 0 Å². The van der Waals surface area contributed by atoms with E-state index >= 15 is 0 Å². The summed E-state index contributed by atoms with van der Waals surface area (Å²) in [4.78, 5) is 65.0. The lowest BCUT2D eigenvalue weighted by Crippen LogP contribution is -2.59. The molecule has 0 unspecified atom stereocenters. The summed E-state index contributed by atoms with van der Waals surface area (Å²) >= 11 is 0. The van der Waals surface area contributed by atoms with Crippen LogP contribution in [0.1, 0.15) is 37.5 Å². The van der Waals surface area contributed by atoms with Gasteiger partial charge in [0, 0.05) is 12.8 Å². The summed E-state index contributed by atoms with van der Waals surface area (Å²) in [6.07, 6.45) is -0.0265. The third kappa shape index (κ3) is 11.8. The zero-order valence-corrected chi connectivity index (χ0v) is 27.4. The summed E-state index contributed by atoms with van der Waals surface area (Å²) in [6, 6.07) is 12.0. The van der Waals surface area contributed by atoms with Crippen LogP contribution >= 0.6 is 0 Å². The summed E-state index contributed by atoms with van der Waals surface area (Å²) in [5.41, 5.74) is 7.81. The smallest absolute Gasteiger partial charge is 0.326 e. The van der Waals surface area contributed by atoms with Crippen LogP contribution in [-0.4, -0.2) is 80.2 Å². The Bertz CT molecular complexity index is 1600. The van der Waals surface area contributed by atoms with Crippen molar-refractivity contribution in [2.24, 2.45) is 11.7 Å². The first-order valence-electron chi connectivity index (χ1n) is 15.7. The van der Waals surface area contributed by atoms with Crippen LogP contribution < -0.4 is 27.0 Å². The van der Waals surface area contributed by atoms with Crippen LogP contribution in [0.5, 0.6) is 17.2 Å². The summed E-state index contributed by atoms with van der Waals surface area (Å²) in [5.74, 6) is -4.55. The standard InChI is InChI=1S/C35H43N5O9/c1-19(2)30(40-31(44)20(3)37-32(45)27(36)16-21-4-10-24(41)11-5-21)34(47)38-28(17-22-6-12-25(42)13-7-22)33(46)39-29(35(48)49)18-23-8-14-26(43)15-9-23/h4-15,19-20,27-30,41-43H,16-18,36H2,1-3H3,(H,37,45)(H,38,47)(H,39,46)(H,40,44)(H,48,49)/t20-,27-,28-,29-,30-/m0/s1. The number of hydrogen-bond acceptors (Lipinski definition) is 9. The largest absolute Gasteiger partial charge is 0.508 e. The molecule has 0 heterocycles. The Hall–Kier alpha value is -5.63. The summed E-state index contributed by atoms with van der Waals surface area (Å²) in [6.45, 7) is 4.78. The summed E-state index contributed by atoms with van der Waals surface area (Å²) < 4.78 is 0. The van der Waals surface area contributed by atoms with E-state index in [2.05, 4.69) is 21.3 Å². The van der Waals surface area contributed by atoms with E-state index in [1.165, 1.54) is 55.5 Å². The van der Waals surface area contributed by atoms with Gasteiger partial charge in [0.1, 0.15) is 41.4 Å². The quantitative estimate of drug-likeness (QED) is 0.104. The minimum absolute atomic E-state index is 0.00547. The third-order valence-corrected chi connectivity index (χ3v) is 7.73. The number of rotatable bonds is 16. The molecule has 3 aromatic rings. The molecule has 0 aliphatic rings. The Morgan fingerprint density at radius 2 is 0.959 bits per heavy atom. The predicted octanol–water partition coefficient (Wildman–Crippen LogP) is 0.858. The van der Waals surface area contributed by atoms with Crippen molar-refractivity contribution in [3.8, 4) is 17.2 Å². The lowest BCUT2D eigenvalue weighted by atomic mass is 10.00. The molecule has 0 aliphatic carbocycles. The molecule has 0 fully saturated rings. The number of aromatic hydroxyl groups is 3. The summed E-state index contributed by atoms with van der Waals surface area (Å²) in [7, 11) is 0. The number of hydrogen-bond donors (Lipinski definition) is 9. The van der Waals surface area contributed by atoms with E-state index in [-0.39, 0.29) is 36.5 Å². The van der Waals surface area contributed by atoms with Gasteiger partial charge in [-0.25, -0.2) is 4.79 Å². The molecular formula is C35H43N5O9. The second-order valence-corrected chi connectivity index (χ2v) is 12.1. The number of carboxylic acids is 1. The monoisotopic (exact) mass is 677 g/mol. The fourth-order valence-electron chi connectivity index (χ4n) is 4.86. The summed E-state index contributed by atoms with van der Waals surface area (Å²) in [5, 5.41) is 48.8. The van der Waals surface area contributed by atoms with E-state index in [1.54, 1.807) is 38.1 Å². The minimum Gasteiger partial charge on any atom is -0.508 e. The van der Waals surface area contributed by atoms with Crippen LogP contribution in [0.25, 0.3) is 0 Å². The Morgan fingerprint density at radius 1 is 0.551 bits per heavy atom. The lowest BCUT2D eigenvalue weighted by molar-refractivity contribution is -0.142. The molecule has 0 aromatic heterocycles. The molecule has 10 N–H and O–H groups in total. The van der Waals surface area contributed by atoms with Crippen LogP contribution in [0, 0.1) is 5.92 Å². The third-order valence-electron chi connectivity index (χ3n) is 7.73. The number of aliphatic carboxylic acids is 1. The predicted molar refractivity (Wildman–Crippen MR) is 179 cm³/mol. The maximum atomic E-state index is 13.6. The molecule has 5 atom stereocenters. The molecule has 14 heteroatoms. The van der Waals surface area contributed by atoms with E-state index in [9.17, 15) is 44.4 Å². The highest BCUT2D eigenvalue weighted by atomic mass is 16.4. The van der Waals surface area contributed by atoms with Crippen molar-refractivity contribution in [1.82, 2.24) is 21.3 Å². The van der Waals surface area contributed by atoms with Crippen molar-refractivity contribution in [2.75, 3.05) is 0 Å². The van der Waals surface area contributed by atoms with Gasteiger partial charge in [-0.3, -0.25) is 19.2 Å². The van der Waals surface area contributed by atoms with E-state index in [4.69, 9.17) is 5.73 Å². The van der Waals surface area contributed by atoms with Gasteiger partial charge in [-0.2, -0.15) is 0 Å². The van der Waals surface area contributed by atoms with Crippen molar-refractivity contribution >= 4 is 29.6 Å².